The maximum Gasteiger partial charge on any atom is 0.274 e. The van der Waals surface area contributed by atoms with Gasteiger partial charge in [0.25, 0.3) is 6.20 Å². The van der Waals surface area contributed by atoms with E-state index in [-0.39, 0.29) is 6.54 Å². The lowest BCUT2D eigenvalue weighted by Crippen LogP contribution is -2.29. The van der Waals surface area contributed by atoms with Crippen LogP contribution in [0.25, 0.3) is 0 Å². The van der Waals surface area contributed by atoms with Gasteiger partial charge >= 0.3 is 0 Å². The van der Waals surface area contributed by atoms with Gasteiger partial charge in [-0.1, -0.05) is 5.92 Å². The first-order valence-electron chi connectivity index (χ1n) is 5.45. The second-order valence-electron chi connectivity index (χ2n) is 3.29. The topological polar surface area (TPSA) is 80.1 Å². The highest BCUT2D eigenvalue weighted by molar-refractivity contribution is 7.98. The Morgan fingerprint density at radius 3 is 3.16 bits per heavy atom. The molecule has 1 rings (SSSR count). The summed E-state index contributed by atoms with van der Waals surface area (Å²) in [5, 5.41) is 19.1. The van der Waals surface area contributed by atoms with E-state index in [0.717, 1.165) is 22.7 Å². The molecule has 1 aromatic rings. The van der Waals surface area contributed by atoms with Gasteiger partial charge < -0.3 is 10.6 Å². The summed E-state index contributed by atoms with van der Waals surface area (Å²) in [5.41, 5.74) is 0. The number of nitro groups is 1. The van der Waals surface area contributed by atoms with Crippen LogP contribution in [-0.2, 0) is 5.75 Å². The molecular weight excluding hydrogens is 284 g/mol. The smallest absolute Gasteiger partial charge is 0.274 e. The van der Waals surface area contributed by atoms with Gasteiger partial charge in [0.1, 0.15) is 5.01 Å². The number of hydrogen-bond donors (Lipinski definition) is 2. The molecule has 0 aliphatic rings. The number of nitrogens with zero attached hydrogens (tertiary/aromatic N) is 2. The van der Waals surface area contributed by atoms with E-state index in [1.54, 1.807) is 29.3 Å². The molecule has 0 unspecified atom stereocenters. The second kappa shape index (κ2) is 9.24. The molecule has 6 nitrogen and oxygen atoms in total. The number of aromatic nitrogens is 1. The van der Waals surface area contributed by atoms with Crippen LogP contribution in [0.4, 0.5) is 0 Å². The average molecular weight is 298 g/mol. The fraction of sp³-hybridized carbons (Fsp3) is 0.364. The Morgan fingerprint density at radius 2 is 2.53 bits per heavy atom. The van der Waals surface area contributed by atoms with Gasteiger partial charge in [0.05, 0.1) is 11.5 Å². The fourth-order valence-electron chi connectivity index (χ4n) is 1.15. The molecule has 0 bridgehead atoms. The van der Waals surface area contributed by atoms with Gasteiger partial charge in [0, 0.05) is 29.6 Å². The summed E-state index contributed by atoms with van der Waals surface area (Å²) >= 11 is 3.34. The van der Waals surface area contributed by atoms with Gasteiger partial charge in [0.2, 0.25) is 0 Å². The van der Waals surface area contributed by atoms with Crippen molar-refractivity contribution in [3.05, 3.63) is 38.7 Å². The summed E-state index contributed by atoms with van der Waals surface area (Å²) in [6, 6.07) is 0. The predicted octanol–water partition coefficient (Wildman–Crippen LogP) is 1.26. The van der Waals surface area contributed by atoms with Gasteiger partial charge in [0.15, 0.2) is 5.82 Å². The summed E-state index contributed by atoms with van der Waals surface area (Å²) in [4.78, 5) is 14.1. The van der Waals surface area contributed by atoms with Crippen molar-refractivity contribution in [2.45, 2.75) is 5.75 Å². The third-order valence-corrected chi connectivity index (χ3v) is 3.82. The quantitative estimate of drug-likeness (QED) is 0.309. The molecule has 0 aromatic carbocycles. The number of rotatable bonds is 9. The summed E-state index contributed by atoms with van der Waals surface area (Å²) in [5.74, 6) is 4.37. The van der Waals surface area contributed by atoms with Crippen LogP contribution in [-0.4, -0.2) is 28.7 Å². The Kier molecular flexibility index (Phi) is 7.46. The largest absolute Gasteiger partial charge is 0.366 e. The molecule has 1 aromatic heterocycles. The van der Waals surface area contributed by atoms with Crippen LogP contribution in [0.15, 0.2) is 23.6 Å². The highest BCUT2D eigenvalue weighted by Gasteiger charge is 2.01. The number of nitrogens with one attached hydrogen (secondary N) is 2. The van der Waals surface area contributed by atoms with Crippen LogP contribution in [0.5, 0.6) is 0 Å². The molecule has 8 heteroatoms. The maximum atomic E-state index is 10.4. The third-order valence-electron chi connectivity index (χ3n) is 1.89. The molecule has 0 saturated carbocycles. The highest BCUT2D eigenvalue weighted by Crippen LogP contribution is 2.13. The lowest BCUT2D eigenvalue weighted by Gasteiger charge is -2.08. The van der Waals surface area contributed by atoms with Crippen molar-refractivity contribution < 1.29 is 4.92 Å². The molecule has 0 fully saturated rings. The summed E-state index contributed by atoms with van der Waals surface area (Å²) in [6.07, 6.45) is 7.75. The Morgan fingerprint density at radius 1 is 1.68 bits per heavy atom. The molecule has 0 atom stereocenters. The minimum Gasteiger partial charge on any atom is -0.366 e. The zero-order valence-corrected chi connectivity index (χ0v) is 11.8. The lowest BCUT2D eigenvalue weighted by molar-refractivity contribution is -0.404. The number of thiazole rings is 1. The Bertz CT molecular complexity index is 454. The van der Waals surface area contributed by atoms with E-state index in [4.69, 9.17) is 6.42 Å². The van der Waals surface area contributed by atoms with Crippen molar-refractivity contribution >= 4 is 23.1 Å². The summed E-state index contributed by atoms with van der Waals surface area (Å²) in [6.45, 7) is 0.867. The molecule has 2 N–H and O–H groups in total. The van der Waals surface area contributed by atoms with Crippen LogP contribution >= 0.6 is 23.1 Å². The molecule has 0 radical (unpaired) electrons. The predicted molar refractivity (Wildman–Crippen MR) is 78.2 cm³/mol. The fourth-order valence-corrected chi connectivity index (χ4v) is 2.71. The molecule has 0 spiro atoms. The van der Waals surface area contributed by atoms with Crippen LogP contribution in [0.2, 0.25) is 0 Å². The van der Waals surface area contributed by atoms with Crippen LogP contribution in [0.1, 0.15) is 5.01 Å². The normalized spacial score (nSPS) is 10.8. The van der Waals surface area contributed by atoms with E-state index in [1.165, 1.54) is 0 Å². The first-order valence-corrected chi connectivity index (χ1v) is 7.48. The Balaban J connectivity index is 2.20. The SMILES string of the molecule is C#CCNC(=C[N+](=O)[O-])NCCSCc1nccs1. The average Bonchev–Trinajstić information content (AvgIpc) is 2.87. The van der Waals surface area contributed by atoms with E-state index >= 15 is 0 Å². The number of thioether (sulfide) groups is 1. The zero-order chi connectivity index (χ0) is 13.9. The van der Waals surface area contributed by atoms with Crippen molar-refractivity contribution in [2.75, 3.05) is 18.8 Å². The van der Waals surface area contributed by atoms with Gasteiger partial charge in [-0.25, -0.2) is 4.98 Å². The van der Waals surface area contributed by atoms with Crippen molar-refractivity contribution in [3.63, 3.8) is 0 Å². The highest BCUT2D eigenvalue weighted by atomic mass is 32.2. The Labute approximate surface area is 119 Å². The standard InChI is InChI=1S/C11H14N4O2S2/c1-2-3-12-10(8-15(16)17)13-4-6-18-9-11-14-5-7-19-11/h1,5,7-8,12-13H,3-4,6,9H2. The van der Waals surface area contributed by atoms with Gasteiger partial charge in [-0.3, -0.25) is 10.1 Å². The lowest BCUT2D eigenvalue weighted by atomic mass is 10.6. The molecule has 1 heterocycles. The minimum absolute atomic E-state index is 0.249. The third kappa shape index (κ3) is 7.33. The number of terminal acetylenes is 1. The van der Waals surface area contributed by atoms with E-state index in [0.29, 0.717) is 12.4 Å². The van der Waals surface area contributed by atoms with Crippen LogP contribution < -0.4 is 10.6 Å². The van der Waals surface area contributed by atoms with Crippen molar-refractivity contribution in [2.24, 2.45) is 0 Å². The van der Waals surface area contributed by atoms with Crippen molar-refractivity contribution in [1.29, 1.82) is 0 Å². The molecule has 0 aliphatic carbocycles. The maximum absolute atomic E-state index is 10.4. The molecule has 0 aliphatic heterocycles. The van der Waals surface area contributed by atoms with Crippen molar-refractivity contribution in [3.8, 4) is 12.3 Å². The van der Waals surface area contributed by atoms with Crippen LogP contribution in [0, 0.1) is 22.5 Å². The van der Waals surface area contributed by atoms with E-state index in [1.807, 2.05) is 5.38 Å². The molecule has 0 amide bonds. The van der Waals surface area contributed by atoms with Crippen LogP contribution in [0.3, 0.4) is 0 Å². The minimum atomic E-state index is -0.519. The Hall–Kier alpha value is -1.72. The number of hydrogen-bond acceptors (Lipinski definition) is 7. The summed E-state index contributed by atoms with van der Waals surface area (Å²) < 4.78 is 0. The molecule has 19 heavy (non-hydrogen) atoms. The summed E-state index contributed by atoms with van der Waals surface area (Å²) in [7, 11) is 0. The van der Waals surface area contributed by atoms with E-state index in [9.17, 15) is 10.1 Å². The van der Waals surface area contributed by atoms with Gasteiger partial charge in [-0.15, -0.1) is 17.8 Å². The zero-order valence-electron chi connectivity index (χ0n) is 10.2. The second-order valence-corrected chi connectivity index (χ2v) is 5.38. The van der Waals surface area contributed by atoms with E-state index in [2.05, 4.69) is 21.5 Å². The van der Waals surface area contributed by atoms with E-state index < -0.39 is 4.92 Å². The monoisotopic (exact) mass is 298 g/mol. The van der Waals surface area contributed by atoms with Gasteiger partial charge in [-0.2, -0.15) is 11.8 Å². The molecule has 0 saturated heterocycles. The van der Waals surface area contributed by atoms with Crippen molar-refractivity contribution in [1.82, 2.24) is 15.6 Å². The van der Waals surface area contributed by atoms with Gasteiger partial charge in [-0.05, 0) is 0 Å². The first-order chi connectivity index (χ1) is 9.22. The molecule has 102 valence electrons. The first kappa shape index (κ1) is 15.3. The molecular formula is C11H14N4O2S2.